The molecule has 0 spiro atoms. The summed E-state index contributed by atoms with van der Waals surface area (Å²) in [6.45, 7) is 9.41. The molecule has 2 bridgehead atoms. The fraction of sp³-hybridized carbons (Fsp3) is 0.647. The van der Waals surface area contributed by atoms with Crippen molar-refractivity contribution in [3.05, 3.63) is 29.3 Å². The summed E-state index contributed by atoms with van der Waals surface area (Å²) in [5.74, 6) is 1.86. The summed E-state index contributed by atoms with van der Waals surface area (Å²) in [5, 5.41) is 10.2. The molecule has 3 rings (SSSR count). The maximum absolute atomic E-state index is 10.2. The van der Waals surface area contributed by atoms with Crippen LogP contribution in [0.25, 0.3) is 0 Å². The number of hydrogen-bond acceptors (Lipinski definition) is 1. The van der Waals surface area contributed by atoms with Gasteiger partial charge in [0.15, 0.2) is 0 Å². The van der Waals surface area contributed by atoms with E-state index in [2.05, 4.69) is 33.8 Å². The molecule has 0 aliphatic heterocycles. The first-order valence-electron chi connectivity index (χ1n) is 7.16. The molecule has 1 heteroatoms. The monoisotopic (exact) mass is 244 g/mol. The van der Waals surface area contributed by atoms with Gasteiger partial charge in [-0.15, -0.1) is 0 Å². The van der Waals surface area contributed by atoms with Crippen molar-refractivity contribution < 1.29 is 5.11 Å². The Bertz CT molecular complexity index is 488. The van der Waals surface area contributed by atoms with Gasteiger partial charge in [-0.3, -0.25) is 0 Å². The average molecular weight is 244 g/mol. The highest BCUT2D eigenvalue weighted by Crippen LogP contribution is 2.71. The summed E-state index contributed by atoms with van der Waals surface area (Å²) in [6.07, 6.45) is 3.93. The Balaban J connectivity index is 2.07. The van der Waals surface area contributed by atoms with Gasteiger partial charge in [-0.1, -0.05) is 38.5 Å². The lowest BCUT2D eigenvalue weighted by molar-refractivity contribution is 0.133. The molecule has 0 unspecified atom stereocenters. The van der Waals surface area contributed by atoms with E-state index >= 15 is 0 Å². The SMILES string of the molecule is Cc1ccc(O)c([C@@H]2C[C@H]3CC[C@]2(C)C3(C)C)c1. The van der Waals surface area contributed by atoms with Gasteiger partial charge in [-0.25, -0.2) is 0 Å². The van der Waals surface area contributed by atoms with Gasteiger partial charge in [0.05, 0.1) is 0 Å². The number of benzene rings is 1. The zero-order valence-electron chi connectivity index (χ0n) is 12.0. The van der Waals surface area contributed by atoms with E-state index < -0.39 is 0 Å². The van der Waals surface area contributed by atoms with Crippen LogP contribution in [0.2, 0.25) is 0 Å². The summed E-state index contributed by atoms with van der Waals surface area (Å²) in [6, 6.07) is 6.06. The van der Waals surface area contributed by atoms with Crippen LogP contribution in [-0.2, 0) is 0 Å². The third-order valence-electron chi connectivity index (χ3n) is 6.35. The molecule has 0 heterocycles. The van der Waals surface area contributed by atoms with Gasteiger partial charge in [0.25, 0.3) is 0 Å². The first-order chi connectivity index (χ1) is 8.36. The van der Waals surface area contributed by atoms with Crippen LogP contribution in [-0.4, -0.2) is 5.11 Å². The van der Waals surface area contributed by atoms with Crippen molar-refractivity contribution in [1.82, 2.24) is 0 Å². The van der Waals surface area contributed by atoms with Gasteiger partial charge in [-0.2, -0.15) is 0 Å². The molecule has 98 valence electrons. The largest absolute Gasteiger partial charge is 0.508 e. The number of hydrogen-bond donors (Lipinski definition) is 1. The van der Waals surface area contributed by atoms with E-state index in [0.29, 0.717) is 22.5 Å². The minimum atomic E-state index is 0.350. The number of phenolic OH excluding ortho intramolecular Hbond substituents is 1. The molecule has 0 radical (unpaired) electrons. The Morgan fingerprint density at radius 2 is 1.94 bits per heavy atom. The molecule has 3 atom stereocenters. The first kappa shape index (κ1) is 12.1. The van der Waals surface area contributed by atoms with Crippen molar-refractivity contribution in [2.75, 3.05) is 0 Å². The lowest BCUT2D eigenvalue weighted by atomic mass is 9.65. The van der Waals surface area contributed by atoms with Gasteiger partial charge >= 0.3 is 0 Å². The Hall–Kier alpha value is -0.980. The number of rotatable bonds is 1. The molecule has 18 heavy (non-hydrogen) atoms. The lowest BCUT2D eigenvalue weighted by Crippen LogP contribution is -2.31. The number of phenols is 1. The zero-order chi connectivity index (χ0) is 13.1. The molecule has 2 saturated carbocycles. The molecule has 1 aromatic carbocycles. The van der Waals surface area contributed by atoms with E-state index in [9.17, 15) is 5.11 Å². The standard InChI is InChI=1S/C17H24O/c1-11-5-6-15(18)13(9-11)14-10-12-7-8-17(14,4)16(12,2)3/h5-6,9,12,14,18H,7-8,10H2,1-4H3/t12-,14+,17+/m1/s1. The molecular formula is C17H24O. The normalized spacial score (nSPS) is 37.1. The fourth-order valence-corrected chi connectivity index (χ4v) is 4.63. The maximum atomic E-state index is 10.2. The molecule has 1 N–H and O–H groups in total. The minimum Gasteiger partial charge on any atom is -0.508 e. The molecule has 0 saturated heterocycles. The second-order valence-electron chi connectivity index (χ2n) is 7.23. The summed E-state index contributed by atoms with van der Waals surface area (Å²) in [7, 11) is 0. The van der Waals surface area contributed by atoms with Gasteiger partial charge < -0.3 is 5.11 Å². The van der Waals surface area contributed by atoms with E-state index in [1.807, 2.05) is 12.1 Å². The highest BCUT2D eigenvalue weighted by Gasteiger charge is 2.61. The van der Waals surface area contributed by atoms with Gasteiger partial charge in [0.1, 0.15) is 5.75 Å². The molecule has 2 aliphatic rings. The van der Waals surface area contributed by atoms with Crippen molar-refractivity contribution in [3.8, 4) is 5.75 Å². The van der Waals surface area contributed by atoms with Crippen molar-refractivity contribution in [2.24, 2.45) is 16.7 Å². The van der Waals surface area contributed by atoms with E-state index in [4.69, 9.17) is 0 Å². The second kappa shape index (κ2) is 3.53. The van der Waals surface area contributed by atoms with Gasteiger partial charge in [0, 0.05) is 0 Å². The molecular weight excluding hydrogens is 220 g/mol. The van der Waals surface area contributed by atoms with E-state index in [1.54, 1.807) is 0 Å². The number of aromatic hydroxyl groups is 1. The predicted octanol–water partition coefficient (Wildman–Crippen LogP) is 4.63. The highest BCUT2D eigenvalue weighted by atomic mass is 16.3. The van der Waals surface area contributed by atoms with Crippen molar-refractivity contribution in [3.63, 3.8) is 0 Å². The van der Waals surface area contributed by atoms with E-state index in [-0.39, 0.29) is 0 Å². The number of fused-ring (bicyclic) bond motifs is 2. The Kier molecular flexibility index (Phi) is 2.36. The van der Waals surface area contributed by atoms with Crippen LogP contribution in [0, 0.1) is 23.7 Å². The van der Waals surface area contributed by atoms with Crippen LogP contribution in [0.5, 0.6) is 5.75 Å². The summed E-state index contributed by atoms with van der Waals surface area (Å²) >= 11 is 0. The van der Waals surface area contributed by atoms with Crippen LogP contribution in [0.3, 0.4) is 0 Å². The van der Waals surface area contributed by atoms with Gasteiger partial charge in [-0.05, 0) is 60.5 Å². The summed E-state index contributed by atoms with van der Waals surface area (Å²) in [5.41, 5.74) is 3.20. The molecule has 1 aromatic rings. The van der Waals surface area contributed by atoms with E-state index in [0.717, 1.165) is 5.92 Å². The Morgan fingerprint density at radius 3 is 2.50 bits per heavy atom. The van der Waals surface area contributed by atoms with Crippen LogP contribution >= 0.6 is 0 Å². The minimum absolute atomic E-state index is 0.350. The number of aryl methyl sites for hydroxylation is 1. The first-order valence-corrected chi connectivity index (χ1v) is 7.16. The summed E-state index contributed by atoms with van der Waals surface area (Å²) in [4.78, 5) is 0. The van der Waals surface area contributed by atoms with Crippen molar-refractivity contribution >= 4 is 0 Å². The summed E-state index contributed by atoms with van der Waals surface area (Å²) < 4.78 is 0. The molecule has 2 aliphatic carbocycles. The van der Waals surface area contributed by atoms with Crippen molar-refractivity contribution in [2.45, 2.75) is 52.9 Å². The second-order valence-corrected chi connectivity index (χ2v) is 7.23. The smallest absolute Gasteiger partial charge is 0.119 e. The molecule has 2 fully saturated rings. The molecule has 1 nitrogen and oxygen atoms in total. The lowest BCUT2D eigenvalue weighted by Gasteiger charge is -2.39. The van der Waals surface area contributed by atoms with Crippen LogP contribution in [0.1, 0.15) is 57.1 Å². The zero-order valence-corrected chi connectivity index (χ0v) is 12.0. The topological polar surface area (TPSA) is 20.2 Å². The van der Waals surface area contributed by atoms with Crippen LogP contribution < -0.4 is 0 Å². The average Bonchev–Trinajstić information content (AvgIpc) is 2.64. The quantitative estimate of drug-likeness (QED) is 0.763. The highest BCUT2D eigenvalue weighted by molar-refractivity contribution is 5.41. The third-order valence-corrected chi connectivity index (χ3v) is 6.35. The van der Waals surface area contributed by atoms with Gasteiger partial charge in [0.2, 0.25) is 0 Å². The molecule has 0 amide bonds. The Morgan fingerprint density at radius 1 is 1.22 bits per heavy atom. The third kappa shape index (κ3) is 1.34. The van der Waals surface area contributed by atoms with E-state index in [1.165, 1.54) is 30.4 Å². The predicted molar refractivity (Wildman–Crippen MR) is 74.8 cm³/mol. The fourth-order valence-electron chi connectivity index (χ4n) is 4.63. The van der Waals surface area contributed by atoms with Crippen LogP contribution in [0.15, 0.2) is 18.2 Å². The van der Waals surface area contributed by atoms with Crippen molar-refractivity contribution in [1.29, 1.82) is 0 Å². The maximum Gasteiger partial charge on any atom is 0.119 e. The molecule has 0 aromatic heterocycles. The van der Waals surface area contributed by atoms with Crippen LogP contribution in [0.4, 0.5) is 0 Å². The Labute approximate surface area is 110 Å².